The molecule has 2 rings (SSSR count). The van der Waals surface area contributed by atoms with E-state index < -0.39 is 0 Å². The van der Waals surface area contributed by atoms with Crippen molar-refractivity contribution in [2.24, 2.45) is 0 Å². The fourth-order valence-electron chi connectivity index (χ4n) is 1.94. The molecule has 5 heteroatoms. The Morgan fingerprint density at radius 2 is 2.33 bits per heavy atom. The van der Waals surface area contributed by atoms with Gasteiger partial charge in [-0.3, -0.25) is 0 Å². The molecule has 4 nitrogen and oxygen atoms in total. The van der Waals surface area contributed by atoms with Gasteiger partial charge in [-0.15, -0.1) is 0 Å². The highest BCUT2D eigenvalue weighted by molar-refractivity contribution is 6.34. The molecular formula is C13H13ClN2O2. The van der Waals surface area contributed by atoms with Gasteiger partial charge >= 0.3 is 0 Å². The van der Waals surface area contributed by atoms with E-state index in [1.54, 1.807) is 19.4 Å². The van der Waals surface area contributed by atoms with Crippen molar-refractivity contribution in [2.75, 3.05) is 13.7 Å². The number of nitriles is 1. The molecule has 0 N–H and O–H groups in total. The van der Waals surface area contributed by atoms with E-state index in [-0.39, 0.29) is 0 Å². The van der Waals surface area contributed by atoms with E-state index in [2.05, 4.69) is 6.07 Å². The van der Waals surface area contributed by atoms with Gasteiger partial charge in [-0.1, -0.05) is 11.6 Å². The van der Waals surface area contributed by atoms with Gasteiger partial charge in [0.25, 0.3) is 0 Å². The van der Waals surface area contributed by atoms with Crippen LogP contribution in [0.25, 0.3) is 11.5 Å². The van der Waals surface area contributed by atoms with Crippen LogP contribution in [0.2, 0.25) is 5.02 Å². The average molecular weight is 265 g/mol. The van der Waals surface area contributed by atoms with Crippen molar-refractivity contribution in [3.05, 3.63) is 34.7 Å². The lowest BCUT2D eigenvalue weighted by molar-refractivity contribution is 0.187. The van der Waals surface area contributed by atoms with Gasteiger partial charge < -0.3 is 13.7 Å². The molecule has 0 aliphatic rings. The molecule has 0 aliphatic carbocycles. The van der Waals surface area contributed by atoms with Crippen LogP contribution in [-0.2, 0) is 11.3 Å². The lowest BCUT2D eigenvalue weighted by Crippen LogP contribution is -2.07. The van der Waals surface area contributed by atoms with Crippen LogP contribution in [0.4, 0.5) is 0 Å². The SMILES string of the molecule is COCCn1c(C)c(C#N)c(Cl)c1-c1ccco1. The van der Waals surface area contributed by atoms with Crippen LogP contribution in [0.15, 0.2) is 22.8 Å². The molecule has 0 saturated carbocycles. The normalized spacial score (nSPS) is 10.6. The van der Waals surface area contributed by atoms with Crippen molar-refractivity contribution in [1.82, 2.24) is 4.57 Å². The molecule has 0 unspecified atom stereocenters. The summed E-state index contributed by atoms with van der Waals surface area (Å²) in [4.78, 5) is 0. The summed E-state index contributed by atoms with van der Waals surface area (Å²) < 4.78 is 12.4. The minimum atomic E-state index is 0.432. The number of rotatable bonds is 4. The van der Waals surface area contributed by atoms with E-state index in [0.717, 1.165) is 11.4 Å². The number of furan rings is 1. The highest BCUT2D eigenvalue weighted by Crippen LogP contribution is 2.35. The van der Waals surface area contributed by atoms with Crippen molar-refractivity contribution in [1.29, 1.82) is 5.26 Å². The van der Waals surface area contributed by atoms with Crippen molar-refractivity contribution in [2.45, 2.75) is 13.5 Å². The zero-order valence-electron chi connectivity index (χ0n) is 10.2. The van der Waals surface area contributed by atoms with Crippen LogP contribution in [-0.4, -0.2) is 18.3 Å². The maximum atomic E-state index is 9.15. The Bertz CT molecular complexity index is 579. The maximum Gasteiger partial charge on any atom is 0.151 e. The second-order valence-corrected chi connectivity index (χ2v) is 4.23. The predicted molar refractivity (Wildman–Crippen MR) is 68.5 cm³/mol. The van der Waals surface area contributed by atoms with Crippen molar-refractivity contribution in [3.63, 3.8) is 0 Å². The Kier molecular flexibility index (Phi) is 3.75. The van der Waals surface area contributed by atoms with Gasteiger partial charge in [-0.05, 0) is 19.1 Å². The smallest absolute Gasteiger partial charge is 0.151 e. The number of halogens is 1. The van der Waals surface area contributed by atoms with Gasteiger partial charge in [0.1, 0.15) is 11.8 Å². The first-order chi connectivity index (χ1) is 8.70. The molecule has 0 saturated heterocycles. The first-order valence-corrected chi connectivity index (χ1v) is 5.90. The third-order valence-corrected chi connectivity index (χ3v) is 3.22. The molecule has 0 bridgehead atoms. The van der Waals surface area contributed by atoms with Gasteiger partial charge in [0.2, 0.25) is 0 Å². The number of hydrogen-bond acceptors (Lipinski definition) is 3. The van der Waals surface area contributed by atoms with Crippen LogP contribution in [0.5, 0.6) is 0 Å². The fourth-order valence-corrected chi connectivity index (χ4v) is 2.32. The summed E-state index contributed by atoms with van der Waals surface area (Å²) in [6, 6.07) is 5.74. The summed E-state index contributed by atoms with van der Waals surface area (Å²) in [5.41, 5.74) is 2.04. The van der Waals surface area contributed by atoms with Gasteiger partial charge in [-0.2, -0.15) is 5.26 Å². The van der Waals surface area contributed by atoms with Crippen molar-refractivity contribution in [3.8, 4) is 17.5 Å². The molecule has 0 aromatic carbocycles. The van der Waals surface area contributed by atoms with E-state index in [9.17, 15) is 0 Å². The Labute approximate surface area is 110 Å². The van der Waals surface area contributed by atoms with Gasteiger partial charge in [0.05, 0.1) is 23.5 Å². The summed E-state index contributed by atoms with van der Waals surface area (Å²) in [5, 5.41) is 9.58. The molecule has 0 spiro atoms. The van der Waals surface area contributed by atoms with Gasteiger partial charge in [0, 0.05) is 19.3 Å². The minimum absolute atomic E-state index is 0.432. The van der Waals surface area contributed by atoms with Gasteiger partial charge in [0.15, 0.2) is 5.76 Å². The summed E-state index contributed by atoms with van der Waals surface area (Å²) in [5.74, 6) is 0.653. The molecule has 0 aliphatic heterocycles. The number of ether oxygens (including phenoxy) is 1. The Morgan fingerprint density at radius 3 is 2.89 bits per heavy atom. The summed E-state index contributed by atoms with van der Waals surface area (Å²) in [6.07, 6.45) is 1.58. The second kappa shape index (κ2) is 5.30. The quantitative estimate of drug-likeness (QED) is 0.852. The number of hydrogen-bond donors (Lipinski definition) is 0. The van der Waals surface area contributed by atoms with Crippen molar-refractivity contribution >= 4 is 11.6 Å². The fraction of sp³-hybridized carbons (Fsp3) is 0.308. The molecule has 2 aromatic rings. The Morgan fingerprint density at radius 1 is 1.56 bits per heavy atom. The lowest BCUT2D eigenvalue weighted by Gasteiger charge is -2.09. The molecule has 0 atom stereocenters. The van der Waals surface area contributed by atoms with Crippen molar-refractivity contribution < 1.29 is 9.15 Å². The molecule has 94 valence electrons. The lowest BCUT2D eigenvalue weighted by atomic mass is 10.2. The summed E-state index contributed by atoms with van der Waals surface area (Å²) in [6.45, 7) is 3.04. The van der Waals surface area contributed by atoms with Gasteiger partial charge in [-0.25, -0.2) is 0 Å². The van der Waals surface area contributed by atoms with Crippen LogP contribution in [0.3, 0.4) is 0 Å². The van der Waals surface area contributed by atoms with E-state index in [1.807, 2.05) is 17.6 Å². The third-order valence-electron chi connectivity index (χ3n) is 2.85. The standard InChI is InChI=1S/C13H13ClN2O2/c1-9-10(8-15)12(14)13(11-4-3-6-18-11)16(9)5-7-17-2/h3-4,6H,5,7H2,1-2H3. The van der Waals surface area contributed by atoms with Crippen LogP contribution in [0.1, 0.15) is 11.3 Å². The molecule has 2 aromatic heterocycles. The molecule has 0 fully saturated rings. The Hall–Kier alpha value is -1.70. The molecular weight excluding hydrogens is 252 g/mol. The van der Waals surface area contributed by atoms with E-state index in [1.165, 1.54) is 0 Å². The summed E-state index contributed by atoms with van der Waals surface area (Å²) in [7, 11) is 1.64. The molecule has 0 radical (unpaired) electrons. The molecule has 18 heavy (non-hydrogen) atoms. The maximum absolute atomic E-state index is 9.15. The number of methoxy groups -OCH3 is 1. The highest BCUT2D eigenvalue weighted by atomic mass is 35.5. The third kappa shape index (κ3) is 2.03. The minimum Gasteiger partial charge on any atom is -0.463 e. The predicted octanol–water partition coefficient (Wildman–Crippen LogP) is 3.23. The zero-order chi connectivity index (χ0) is 13.1. The van der Waals surface area contributed by atoms with Crippen LogP contribution in [0, 0.1) is 18.3 Å². The first-order valence-electron chi connectivity index (χ1n) is 5.52. The number of aromatic nitrogens is 1. The highest BCUT2D eigenvalue weighted by Gasteiger charge is 2.21. The largest absolute Gasteiger partial charge is 0.463 e. The topological polar surface area (TPSA) is 51.1 Å². The first kappa shape index (κ1) is 12.7. The molecule has 2 heterocycles. The van der Waals surface area contributed by atoms with Crippen LogP contribution >= 0.6 is 11.6 Å². The zero-order valence-corrected chi connectivity index (χ0v) is 11.0. The number of nitrogens with zero attached hydrogens (tertiary/aromatic N) is 2. The monoisotopic (exact) mass is 264 g/mol. The van der Waals surface area contributed by atoms with E-state index >= 15 is 0 Å². The second-order valence-electron chi connectivity index (χ2n) is 3.86. The Balaban J connectivity index is 2.59. The molecule has 0 amide bonds. The average Bonchev–Trinajstić information content (AvgIpc) is 2.94. The van der Waals surface area contributed by atoms with Crippen LogP contribution < -0.4 is 0 Å². The van der Waals surface area contributed by atoms with E-state index in [4.69, 9.17) is 26.0 Å². The van der Waals surface area contributed by atoms with E-state index in [0.29, 0.717) is 29.5 Å². The summed E-state index contributed by atoms with van der Waals surface area (Å²) >= 11 is 6.26.